The van der Waals surface area contributed by atoms with Gasteiger partial charge in [0.1, 0.15) is 5.82 Å². The van der Waals surface area contributed by atoms with Crippen LogP contribution in [0.3, 0.4) is 0 Å². The Labute approximate surface area is 110 Å². The fourth-order valence-electron chi connectivity index (χ4n) is 2.42. The number of benzene rings is 1. The van der Waals surface area contributed by atoms with Crippen molar-refractivity contribution in [2.45, 2.75) is 38.3 Å². The van der Waals surface area contributed by atoms with Gasteiger partial charge in [0.25, 0.3) is 0 Å². The van der Waals surface area contributed by atoms with Gasteiger partial charge in [0.15, 0.2) is 0 Å². The number of hydrogen-bond acceptors (Lipinski definition) is 2. The molecule has 2 nitrogen and oxygen atoms in total. The molecule has 4 heteroatoms. The second-order valence-corrected chi connectivity index (χ2v) is 6.68. The van der Waals surface area contributed by atoms with E-state index in [4.69, 9.17) is 0 Å². The zero-order valence-corrected chi connectivity index (χ0v) is 11.5. The van der Waals surface area contributed by atoms with Gasteiger partial charge >= 0.3 is 0 Å². The van der Waals surface area contributed by atoms with E-state index in [-0.39, 0.29) is 11.9 Å². The topological polar surface area (TPSA) is 29.1 Å². The summed E-state index contributed by atoms with van der Waals surface area (Å²) in [6.07, 6.45) is 2.63. The van der Waals surface area contributed by atoms with E-state index in [0.717, 1.165) is 29.9 Å². The lowest BCUT2D eigenvalue weighted by molar-refractivity contribution is 0.414. The highest BCUT2D eigenvalue weighted by Gasteiger charge is 2.19. The molecule has 0 saturated carbocycles. The highest BCUT2D eigenvalue weighted by molar-refractivity contribution is 7.85. The molecule has 1 aliphatic heterocycles. The van der Waals surface area contributed by atoms with Crippen LogP contribution in [0.2, 0.25) is 0 Å². The van der Waals surface area contributed by atoms with Crippen LogP contribution in [0.4, 0.5) is 4.39 Å². The third-order valence-corrected chi connectivity index (χ3v) is 4.77. The largest absolute Gasteiger partial charge is 0.311 e. The molecule has 0 bridgehead atoms. The van der Waals surface area contributed by atoms with Gasteiger partial charge in [-0.25, -0.2) is 4.39 Å². The molecule has 1 aromatic rings. The Bertz CT molecular complexity index is 414. The number of nitrogens with one attached hydrogen (secondary N) is 1. The first kappa shape index (κ1) is 13.7. The highest BCUT2D eigenvalue weighted by Crippen LogP contribution is 2.13. The third-order valence-electron chi connectivity index (χ3n) is 3.39. The zero-order chi connectivity index (χ0) is 13.0. The van der Waals surface area contributed by atoms with Crippen LogP contribution in [0.15, 0.2) is 24.3 Å². The summed E-state index contributed by atoms with van der Waals surface area (Å²) >= 11 is 0. The zero-order valence-electron chi connectivity index (χ0n) is 10.7. The van der Waals surface area contributed by atoms with E-state index in [1.54, 1.807) is 6.07 Å². The van der Waals surface area contributed by atoms with Crippen molar-refractivity contribution in [2.75, 3.05) is 11.5 Å². The van der Waals surface area contributed by atoms with Gasteiger partial charge < -0.3 is 5.32 Å². The SMILES string of the molecule is CC(Cc1ccccc1F)NC1CCS(=O)CC1. The maximum Gasteiger partial charge on any atom is 0.126 e. The summed E-state index contributed by atoms with van der Waals surface area (Å²) in [6.45, 7) is 2.08. The fourth-order valence-corrected chi connectivity index (χ4v) is 3.71. The van der Waals surface area contributed by atoms with Gasteiger partial charge in [-0.1, -0.05) is 18.2 Å². The lowest BCUT2D eigenvalue weighted by Gasteiger charge is -2.26. The van der Waals surface area contributed by atoms with Crippen LogP contribution < -0.4 is 5.32 Å². The minimum absolute atomic E-state index is 0.129. The van der Waals surface area contributed by atoms with Gasteiger partial charge in [-0.2, -0.15) is 0 Å². The highest BCUT2D eigenvalue weighted by atomic mass is 32.2. The maximum atomic E-state index is 13.5. The first-order chi connectivity index (χ1) is 8.65. The van der Waals surface area contributed by atoms with E-state index < -0.39 is 10.8 Å². The Morgan fingerprint density at radius 1 is 1.39 bits per heavy atom. The molecular formula is C14H20FNOS. The molecule has 0 amide bonds. The summed E-state index contributed by atoms with van der Waals surface area (Å²) in [7, 11) is -0.617. The van der Waals surface area contributed by atoms with Crippen LogP contribution in [-0.2, 0) is 17.2 Å². The molecule has 1 N–H and O–H groups in total. The molecule has 0 spiro atoms. The van der Waals surface area contributed by atoms with Crippen molar-refractivity contribution in [3.8, 4) is 0 Å². The summed E-state index contributed by atoms with van der Waals surface area (Å²) in [4.78, 5) is 0. The molecule has 1 atom stereocenters. The Morgan fingerprint density at radius 3 is 2.72 bits per heavy atom. The molecule has 100 valence electrons. The normalized spacial score (nSPS) is 25.9. The van der Waals surface area contributed by atoms with E-state index in [1.165, 1.54) is 6.07 Å². The predicted molar refractivity (Wildman–Crippen MR) is 73.6 cm³/mol. The molecule has 1 aromatic carbocycles. The van der Waals surface area contributed by atoms with Crippen LogP contribution in [0.1, 0.15) is 25.3 Å². The number of hydrogen-bond donors (Lipinski definition) is 1. The monoisotopic (exact) mass is 269 g/mol. The molecule has 1 unspecified atom stereocenters. The lowest BCUT2D eigenvalue weighted by Crippen LogP contribution is -2.41. The average molecular weight is 269 g/mol. The van der Waals surface area contributed by atoms with Crippen molar-refractivity contribution < 1.29 is 8.60 Å². The summed E-state index contributed by atoms with van der Waals surface area (Å²) in [6, 6.07) is 7.61. The van der Waals surface area contributed by atoms with E-state index in [0.29, 0.717) is 12.5 Å². The van der Waals surface area contributed by atoms with Crippen LogP contribution in [-0.4, -0.2) is 27.8 Å². The van der Waals surface area contributed by atoms with Crippen LogP contribution in [0, 0.1) is 5.82 Å². The van der Waals surface area contributed by atoms with Gasteiger partial charge in [-0.3, -0.25) is 4.21 Å². The smallest absolute Gasteiger partial charge is 0.126 e. The van der Waals surface area contributed by atoms with E-state index in [9.17, 15) is 8.60 Å². The summed E-state index contributed by atoms with van der Waals surface area (Å²) in [5.41, 5.74) is 0.761. The number of rotatable bonds is 4. The van der Waals surface area contributed by atoms with Gasteiger partial charge in [0.2, 0.25) is 0 Å². The number of halogens is 1. The standard InChI is InChI=1S/C14H20FNOS/c1-11(10-12-4-2-3-5-14(12)15)16-13-6-8-18(17)9-7-13/h2-5,11,13,16H,6-10H2,1H3. The van der Waals surface area contributed by atoms with E-state index in [2.05, 4.69) is 12.2 Å². The Kier molecular flexibility index (Phi) is 4.89. The Morgan fingerprint density at radius 2 is 2.06 bits per heavy atom. The van der Waals surface area contributed by atoms with Crippen molar-refractivity contribution in [1.82, 2.24) is 5.32 Å². The molecule has 1 saturated heterocycles. The van der Waals surface area contributed by atoms with Gasteiger partial charge in [-0.05, 0) is 37.8 Å². The maximum absolute atomic E-state index is 13.5. The van der Waals surface area contributed by atoms with Gasteiger partial charge in [0, 0.05) is 34.4 Å². The molecule has 1 heterocycles. The summed E-state index contributed by atoms with van der Waals surface area (Å²) in [5.74, 6) is 1.46. The Balaban J connectivity index is 1.83. The van der Waals surface area contributed by atoms with Crippen LogP contribution in [0.25, 0.3) is 0 Å². The van der Waals surface area contributed by atoms with Crippen LogP contribution in [0.5, 0.6) is 0 Å². The van der Waals surface area contributed by atoms with Gasteiger partial charge in [0.05, 0.1) is 0 Å². The molecule has 1 aliphatic rings. The van der Waals surface area contributed by atoms with E-state index in [1.807, 2.05) is 12.1 Å². The first-order valence-corrected chi connectivity index (χ1v) is 7.98. The molecule has 2 rings (SSSR count). The van der Waals surface area contributed by atoms with Gasteiger partial charge in [-0.15, -0.1) is 0 Å². The molecule has 0 aliphatic carbocycles. The molecule has 0 aromatic heterocycles. The molecule has 0 radical (unpaired) electrons. The van der Waals surface area contributed by atoms with Crippen molar-refractivity contribution in [1.29, 1.82) is 0 Å². The molecular weight excluding hydrogens is 249 g/mol. The lowest BCUT2D eigenvalue weighted by atomic mass is 10.0. The predicted octanol–water partition coefficient (Wildman–Crippen LogP) is 2.26. The summed E-state index contributed by atoms with van der Waals surface area (Å²) < 4.78 is 24.8. The third kappa shape index (κ3) is 3.89. The minimum atomic E-state index is -0.617. The average Bonchev–Trinajstić information content (AvgIpc) is 2.35. The van der Waals surface area contributed by atoms with Crippen molar-refractivity contribution in [2.24, 2.45) is 0 Å². The molecule has 1 fully saturated rings. The first-order valence-electron chi connectivity index (χ1n) is 6.49. The van der Waals surface area contributed by atoms with Crippen molar-refractivity contribution in [3.63, 3.8) is 0 Å². The molecule has 18 heavy (non-hydrogen) atoms. The fraction of sp³-hybridized carbons (Fsp3) is 0.571. The minimum Gasteiger partial charge on any atom is -0.311 e. The second kappa shape index (κ2) is 6.43. The van der Waals surface area contributed by atoms with Crippen LogP contribution >= 0.6 is 0 Å². The summed E-state index contributed by atoms with van der Waals surface area (Å²) in [5, 5.41) is 3.51. The quantitative estimate of drug-likeness (QED) is 0.908. The Hall–Kier alpha value is -0.740. The van der Waals surface area contributed by atoms with Crippen molar-refractivity contribution in [3.05, 3.63) is 35.6 Å². The van der Waals surface area contributed by atoms with Crippen molar-refractivity contribution >= 4 is 10.8 Å². The van der Waals surface area contributed by atoms with E-state index >= 15 is 0 Å². The second-order valence-electron chi connectivity index (χ2n) is 4.99.